The number of para-hydroxylation sites is 1. The second kappa shape index (κ2) is 9.04. The molecule has 2 aromatic carbocycles. The topological polar surface area (TPSA) is 112 Å². The number of phenols is 1. The number of pyridine rings is 1. The molecular formula is C24H20N4O3. The van der Waals surface area contributed by atoms with Crippen molar-refractivity contribution in [2.75, 3.05) is 0 Å². The number of phenolic OH excluding ortho intramolecular Hbond substituents is 1. The standard InChI is InChI=1S/C24H20N4O3/c25-19(17-9-6-12-26-15-17)13-20(18-10-4-5-11-22(18)29)27-24(30)21-14-23(31-28-21)16-7-2-1-3-8-16/h1-12,14-15,20,25,29H,13H2,(H,27,30). The molecule has 0 radical (unpaired) electrons. The summed E-state index contributed by atoms with van der Waals surface area (Å²) in [4.78, 5) is 16.9. The molecule has 0 spiro atoms. The maximum atomic E-state index is 12.9. The highest BCUT2D eigenvalue weighted by Crippen LogP contribution is 2.28. The van der Waals surface area contributed by atoms with E-state index >= 15 is 0 Å². The van der Waals surface area contributed by atoms with Gasteiger partial charge in [-0.15, -0.1) is 0 Å². The van der Waals surface area contributed by atoms with Crippen molar-refractivity contribution < 1.29 is 14.4 Å². The first kappa shape index (κ1) is 20.0. The summed E-state index contributed by atoms with van der Waals surface area (Å²) in [6.07, 6.45) is 3.39. The Hall–Kier alpha value is -4.26. The molecule has 0 bridgehead atoms. The Morgan fingerprint density at radius 3 is 2.58 bits per heavy atom. The van der Waals surface area contributed by atoms with Gasteiger partial charge in [0, 0.05) is 47.3 Å². The predicted octanol–water partition coefficient (Wildman–Crippen LogP) is 4.37. The summed E-state index contributed by atoms with van der Waals surface area (Å²) >= 11 is 0. The normalized spacial score (nSPS) is 11.6. The van der Waals surface area contributed by atoms with Crippen molar-refractivity contribution in [2.45, 2.75) is 12.5 Å². The highest BCUT2D eigenvalue weighted by atomic mass is 16.5. The number of carbonyl (C=O) groups excluding carboxylic acids is 1. The van der Waals surface area contributed by atoms with Gasteiger partial charge < -0.3 is 20.4 Å². The molecule has 0 aliphatic carbocycles. The molecule has 0 aliphatic rings. The molecule has 4 aromatic rings. The van der Waals surface area contributed by atoms with E-state index in [1.54, 1.807) is 54.9 Å². The van der Waals surface area contributed by atoms with Crippen molar-refractivity contribution in [3.63, 3.8) is 0 Å². The summed E-state index contributed by atoms with van der Waals surface area (Å²) in [6.45, 7) is 0. The predicted molar refractivity (Wildman–Crippen MR) is 116 cm³/mol. The van der Waals surface area contributed by atoms with E-state index in [0.29, 0.717) is 16.9 Å². The van der Waals surface area contributed by atoms with Crippen molar-refractivity contribution in [3.8, 4) is 17.1 Å². The van der Waals surface area contributed by atoms with Gasteiger partial charge in [0.2, 0.25) is 0 Å². The number of aromatic hydroxyl groups is 1. The Labute approximate surface area is 178 Å². The van der Waals surface area contributed by atoms with E-state index in [0.717, 1.165) is 5.56 Å². The van der Waals surface area contributed by atoms with Gasteiger partial charge in [-0.25, -0.2) is 0 Å². The third kappa shape index (κ3) is 4.67. The van der Waals surface area contributed by atoms with E-state index in [2.05, 4.69) is 15.5 Å². The number of carbonyl (C=O) groups is 1. The first-order chi connectivity index (χ1) is 15.1. The summed E-state index contributed by atoms with van der Waals surface area (Å²) in [6, 6.07) is 20.6. The number of nitrogens with one attached hydrogen (secondary N) is 2. The summed E-state index contributed by atoms with van der Waals surface area (Å²) in [5.74, 6) is 0.0584. The summed E-state index contributed by atoms with van der Waals surface area (Å²) in [5.41, 5.74) is 2.37. The lowest BCUT2D eigenvalue weighted by atomic mass is 9.97. The highest BCUT2D eigenvalue weighted by molar-refractivity contribution is 5.99. The Morgan fingerprint density at radius 1 is 1.06 bits per heavy atom. The van der Waals surface area contributed by atoms with Crippen LogP contribution in [-0.2, 0) is 0 Å². The number of aromatic nitrogens is 2. The zero-order valence-electron chi connectivity index (χ0n) is 16.5. The van der Waals surface area contributed by atoms with Crippen LogP contribution in [-0.4, -0.2) is 26.9 Å². The molecule has 2 heterocycles. The number of rotatable bonds is 7. The number of nitrogens with zero attached hydrogens (tertiary/aromatic N) is 2. The molecule has 1 amide bonds. The van der Waals surface area contributed by atoms with Gasteiger partial charge in [-0.1, -0.05) is 59.8 Å². The van der Waals surface area contributed by atoms with Crippen LogP contribution in [0.3, 0.4) is 0 Å². The second-order valence-electron chi connectivity index (χ2n) is 6.95. The van der Waals surface area contributed by atoms with Gasteiger partial charge in [0.15, 0.2) is 11.5 Å². The van der Waals surface area contributed by atoms with Crippen LogP contribution in [0.4, 0.5) is 0 Å². The molecule has 0 saturated heterocycles. The third-order valence-electron chi connectivity index (χ3n) is 4.84. The minimum Gasteiger partial charge on any atom is -0.508 e. The Bertz CT molecular complexity index is 1190. The highest BCUT2D eigenvalue weighted by Gasteiger charge is 2.23. The Balaban J connectivity index is 1.57. The van der Waals surface area contributed by atoms with E-state index in [1.807, 2.05) is 30.3 Å². The fraction of sp³-hybridized carbons (Fsp3) is 0.0833. The van der Waals surface area contributed by atoms with Crippen molar-refractivity contribution in [1.82, 2.24) is 15.5 Å². The average molecular weight is 412 g/mol. The largest absolute Gasteiger partial charge is 0.508 e. The van der Waals surface area contributed by atoms with Crippen LogP contribution in [0.25, 0.3) is 11.3 Å². The lowest BCUT2D eigenvalue weighted by Crippen LogP contribution is -2.30. The Morgan fingerprint density at radius 2 is 1.84 bits per heavy atom. The van der Waals surface area contributed by atoms with Gasteiger partial charge in [-0.2, -0.15) is 0 Å². The maximum absolute atomic E-state index is 12.9. The van der Waals surface area contributed by atoms with Crippen molar-refractivity contribution >= 4 is 11.6 Å². The van der Waals surface area contributed by atoms with E-state index in [4.69, 9.17) is 9.93 Å². The van der Waals surface area contributed by atoms with Gasteiger partial charge in [0.25, 0.3) is 5.91 Å². The van der Waals surface area contributed by atoms with Crippen LogP contribution in [0.5, 0.6) is 5.75 Å². The molecule has 0 saturated carbocycles. The SMILES string of the molecule is N=C(CC(NC(=O)c1cc(-c2ccccc2)on1)c1ccccc1O)c1cccnc1. The van der Waals surface area contributed by atoms with Crippen LogP contribution in [0, 0.1) is 5.41 Å². The lowest BCUT2D eigenvalue weighted by Gasteiger charge is -2.20. The van der Waals surface area contributed by atoms with Gasteiger partial charge in [0.1, 0.15) is 5.75 Å². The molecule has 0 aliphatic heterocycles. The van der Waals surface area contributed by atoms with Crippen LogP contribution in [0.2, 0.25) is 0 Å². The molecule has 3 N–H and O–H groups in total. The molecule has 2 aromatic heterocycles. The van der Waals surface area contributed by atoms with Crippen LogP contribution < -0.4 is 5.32 Å². The van der Waals surface area contributed by atoms with E-state index in [9.17, 15) is 9.90 Å². The first-order valence-electron chi connectivity index (χ1n) is 9.70. The van der Waals surface area contributed by atoms with E-state index in [1.165, 1.54) is 0 Å². The van der Waals surface area contributed by atoms with E-state index in [-0.39, 0.29) is 23.6 Å². The lowest BCUT2D eigenvalue weighted by molar-refractivity contribution is 0.0928. The van der Waals surface area contributed by atoms with Gasteiger partial charge >= 0.3 is 0 Å². The van der Waals surface area contributed by atoms with Crippen LogP contribution in [0.1, 0.15) is 34.1 Å². The molecule has 154 valence electrons. The maximum Gasteiger partial charge on any atom is 0.273 e. The van der Waals surface area contributed by atoms with Crippen molar-refractivity contribution in [3.05, 3.63) is 102 Å². The average Bonchev–Trinajstić information content (AvgIpc) is 3.31. The number of amides is 1. The molecule has 1 unspecified atom stereocenters. The quantitative estimate of drug-likeness (QED) is 0.390. The minimum atomic E-state index is -0.640. The molecule has 31 heavy (non-hydrogen) atoms. The number of benzene rings is 2. The molecule has 7 heteroatoms. The zero-order chi connectivity index (χ0) is 21.6. The molecule has 1 atom stereocenters. The first-order valence-corrected chi connectivity index (χ1v) is 9.70. The smallest absolute Gasteiger partial charge is 0.273 e. The number of hydrogen-bond acceptors (Lipinski definition) is 6. The Kier molecular flexibility index (Phi) is 5.84. The second-order valence-corrected chi connectivity index (χ2v) is 6.95. The summed E-state index contributed by atoms with van der Waals surface area (Å²) in [5, 5.41) is 25.5. The van der Waals surface area contributed by atoms with Crippen LogP contribution >= 0.6 is 0 Å². The zero-order valence-corrected chi connectivity index (χ0v) is 16.5. The van der Waals surface area contributed by atoms with Crippen molar-refractivity contribution in [2.24, 2.45) is 0 Å². The van der Waals surface area contributed by atoms with Gasteiger partial charge in [0.05, 0.1) is 6.04 Å². The number of hydrogen-bond donors (Lipinski definition) is 3. The minimum absolute atomic E-state index is 0.0388. The fourth-order valence-electron chi connectivity index (χ4n) is 3.24. The fourth-order valence-corrected chi connectivity index (χ4v) is 3.24. The summed E-state index contributed by atoms with van der Waals surface area (Å²) < 4.78 is 5.32. The molecular weight excluding hydrogens is 392 g/mol. The molecule has 4 rings (SSSR count). The van der Waals surface area contributed by atoms with Gasteiger partial charge in [-0.3, -0.25) is 9.78 Å². The third-order valence-corrected chi connectivity index (χ3v) is 4.84. The van der Waals surface area contributed by atoms with E-state index < -0.39 is 11.9 Å². The van der Waals surface area contributed by atoms with Crippen LogP contribution in [0.15, 0.2) is 89.7 Å². The summed E-state index contributed by atoms with van der Waals surface area (Å²) in [7, 11) is 0. The molecule has 0 fully saturated rings. The monoisotopic (exact) mass is 412 g/mol. The molecule has 7 nitrogen and oxygen atoms in total. The van der Waals surface area contributed by atoms with Gasteiger partial charge in [-0.05, 0) is 12.1 Å². The van der Waals surface area contributed by atoms with Crippen molar-refractivity contribution in [1.29, 1.82) is 5.41 Å².